The monoisotopic (exact) mass is 535 g/mol. The first kappa shape index (κ1) is 23.4. The molecule has 2 aromatic carbocycles. The molecule has 1 spiro atoms. The largest absolute Gasteiger partial charge is 0.419 e. The van der Waals surface area contributed by atoms with E-state index in [9.17, 15) is 9.59 Å². The number of aryl methyl sites for hydroxylation is 1. The van der Waals surface area contributed by atoms with Gasteiger partial charge in [-0.2, -0.15) is 4.98 Å². The van der Waals surface area contributed by atoms with Gasteiger partial charge in [-0.3, -0.25) is 14.3 Å². The Morgan fingerprint density at radius 3 is 2.83 bits per heavy atom. The summed E-state index contributed by atoms with van der Waals surface area (Å²) in [4.78, 5) is 37.9. The Labute approximate surface area is 229 Å². The zero-order valence-corrected chi connectivity index (χ0v) is 22.3. The molecule has 5 heterocycles. The van der Waals surface area contributed by atoms with Crippen LogP contribution in [0.2, 0.25) is 0 Å². The van der Waals surface area contributed by atoms with E-state index in [4.69, 9.17) is 9.40 Å². The van der Waals surface area contributed by atoms with Gasteiger partial charge in [0.15, 0.2) is 11.2 Å². The topological polar surface area (TPSA) is 103 Å². The van der Waals surface area contributed by atoms with Crippen molar-refractivity contribution in [3.05, 3.63) is 86.8 Å². The Bertz CT molecular complexity index is 1970. The summed E-state index contributed by atoms with van der Waals surface area (Å²) in [6.45, 7) is 2.05. The molecular formula is C30H29N7O3. The highest BCUT2D eigenvalue weighted by Gasteiger charge is 2.50. The molecule has 10 nitrogen and oxygen atoms in total. The number of fused-ring (bicyclic) bond motifs is 7. The number of hydrogen-bond donors (Lipinski definition) is 1. The lowest BCUT2D eigenvalue weighted by atomic mass is 9.90. The van der Waals surface area contributed by atoms with E-state index in [-0.39, 0.29) is 16.9 Å². The van der Waals surface area contributed by atoms with E-state index in [1.54, 1.807) is 21.5 Å². The molecule has 1 aliphatic carbocycles. The number of oxazole rings is 1. The molecule has 10 heteroatoms. The molecule has 0 atom stereocenters. The number of nitrogens with one attached hydrogen (secondary N) is 1. The van der Waals surface area contributed by atoms with Crippen LogP contribution in [0.25, 0.3) is 27.8 Å². The average molecular weight is 536 g/mol. The van der Waals surface area contributed by atoms with E-state index < -0.39 is 0 Å². The van der Waals surface area contributed by atoms with Gasteiger partial charge in [-0.1, -0.05) is 18.2 Å². The van der Waals surface area contributed by atoms with Gasteiger partial charge in [0.2, 0.25) is 5.95 Å². The van der Waals surface area contributed by atoms with Crippen molar-refractivity contribution in [2.24, 2.45) is 0 Å². The Hall–Kier alpha value is -4.44. The molecule has 202 valence electrons. The zero-order chi connectivity index (χ0) is 27.0. The van der Waals surface area contributed by atoms with Crippen molar-refractivity contribution in [3.63, 3.8) is 0 Å². The lowest BCUT2D eigenvalue weighted by molar-refractivity contribution is 0.208. The van der Waals surface area contributed by atoms with Crippen LogP contribution in [0.3, 0.4) is 0 Å². The molecule has 5 aromatic rings. The number of likely N-dealkylation sites (N-methyl/N-ethyl adjacent to an activating group) is 1. The molecule has 1 N–H and O–H groups in total. The van der Waals surface area contributed by atoms with Gasteiger partial charge < -0.3 is 9.73 Å². The van der Waals surface area contributed by atoms with E-state index in [1.807, 2.05) is 29.0 Å². The summed E-state index contributed by atoms with van der Waals surface area (Å²) in [7, 11) is 2.22. The Morgan fingerprint density at radius 1 is 1.05 bits per heavy atom. The SMILES string of the molecule is CN1CCc2ccc(Nc3ncc4c(=O)n5n(c4n3)-c3ccc4oc(=O)n(c4c3)CCC/C=C\C5)cc2C12CC2. The fourth-order valence-corrected chi connectivity index (χ4v) is 6.48. The zero-order valence-electron chi connectivity index (χ0n) is 22.3. The van der Waals surface area contributed by atoms with Gasteiger partial charge in [0.25, 0.3) is 5.56 Å². The van der Waals surface area contributed by atoms with Gasteiger partial charge in [-0.15, -0.1) is 0 Å². The Morgan fingerprint density at radius 2 is 1.95 bits per heavy atom. The predicted molar refractivity (Wildman–Crippen MR) is 153 cm³/mol. The van der Waals surface area contributed by atoms with E-state index in [0.29, 0.717) is 41.2 Å². The number of allylic oxidation sites excluding steroid dienone is 2. The van der Waals surface area contributed by atoms with Crippen molar-refractivity contribution < 1.29 is 4.42 Å². The van der Waals surface area contributed by atoms with E-state index in [2.05, 4.69) is 40.4 Å². The Balaban J connectivity index is 1.26. The molecule has 1 saturated carbocycles. The van der Waals surface area contributed by atoms with Crippen LogP contribution in [-0.4, -0.2) is 42.4 Å². The summed E-state index contributed by atoms with van der Waals surface area (Å²) in [6.07, 6.45) is 10.7. The van der Waals surface area contributed by atoms with Gasteiger partial charge in [-0.05, 0) is 80.6 Å². The lowest BCUT2D eigenvalue weighted by Crippen LogP contribution is -2.38. The van der Waals surface area contributed by atoms with E-state index >= 15 is 0 Å². The van der Waals surface area contributed by atoms with Crippen LogP contribution in [0.15, 0.2) is 68.8 Å². The third-order valence-electron chi connectivity index (χ3n) is 8.81. The first-order valence-corrected chi connectivity index (χ1v) is 13.9. The van der Waals surface area contributed by atoms with Crippen molar-refractivity contribution in [2.45, 2.75) is 50.7 Å². The number of nitrogens with zero attached hydrogens (tertiary/aromatic N) is 6. The molecule has 2 aliphatic heterocycles. The van der Waals surface area contributed by atoms with Crippen LogP contribution in [-0.2, 0) is 25.0 Å². The molecule has 0 radical (unpaired) electrons. The standard InChI is InChI=1S/C30H29N7O3/c1-34-15-10-19-6-7-20(16-23(19)30(34)11-12-30)32-28-31-18-22-26(33-28)37-21-8-9-25-24(17-21)35(29(39)40-25)13-4-2-3-5-14-36(37)27(22)38/h3,5-9,16-18H,2,4,10-15H2,1H3,(H,31,32,33)/b5-3-. The van der Waals surface area contributed by atoms with Crippen molar-refractivity contribution in [1.29, 1.82) is 0 Å². The molecule has 0 saturated heterocycles. The third kappa shape index (κ3) is 3.45. The average Bonchev–Trinajstić information content (AvgIpc) is 3.63. The lowest BCUT2D eigenvalue weighted by Gasteiger charge is -2.35. The van der Waals surface area contributed by atoms with Gasteiger partial charge in [0.1, 0.15) is 5.39 Å². The molecule has 40 heavy (non-hydrogen) atoms. The van der Waals surface area contributed by atoms with Gasteiger partial charge in [-0.25, -0.2) is 19.1 Å². The first-order chi connectivity index (χ1) is 19.5. The summed E-state index contributed by atoms with van der Waals surface area (Å²) < 4.78 is 10.6. The fraction of sp³-hybridized carbons (Fsp3) is 0.333. The summed E-state index contributed by atoms with van der Waals surface area (Å²) in [5.74, 6) is 0.0475. The number of rotatable bonds is 2. The molecule has 8 rings (SSSR count). The summed E-state index contributed by atoms with van der Waals surface area (Å²) >= 11 is 0. The molecule has 3 aliphatic rings. The molecular weight excluding hydrogens is 506 g/mol. The smallest absolute Gasteiger partial charge is 0.408 e. The summed E-state index contributed by atoms with van der Waals surface area (Å²) in [6, 6.07) is 12.1. The minimum atomic E-state index is -0.374. The highest BCUT2D eigenvalue weighted by molar-refractivity contribution is 5.80. The normalized spacial score (nSPS) is 18.8. The van der Waals surface area contributed by atoms with Crippen LogP contribution in [0.1, 0.15) is 36.8 Å². The maximum atomic E-state index is 13.5. The number of benzene rings is 2. The molecule has 2 bridgehead atoms. The highest BCUT2D eigenvalue weighted by Crippen LogP contribution is 2.53. The minimum Gasteiger partial charge on any atom is -0.408 e. The third-order valence-corrected chi connectivity index (χ3v) is 8.81. The number of aromatic nitrogens is 5. The summed E-state index contributed by atoms with van der Waals surface area (Å²) in [5.41, 5.74) is 6.18. The summed E-state index contributed by atoms with van der Waals surface area (Å²) in [5, 5.41) is 3.83. The number of hydrogen-bond acceptors (Lipinski definition) is 7. The predicted octanol–water partition coefficient (Wildman–Crippen LogP) is 4.06. The Kier molecular flexibility index (Phi) is 5.00. The molecule has 0 amide bonds. The van der Waals surface area contributed by atoms with Gasteiger partial charge in [0, 0.05) is 30.5 Å². The van der Waals surface area contributed by atoms with Crippen LogP contribution >= 0.6 is 0 Å². The van der Waals surface area contributed by atoms with Crippen LogP contribution in [0, 0.1) is 0 Å². The maximum Gasteiger partial charge on any atom is 0.419 e. The molecule has 3 aromatic heterocycles. The van der Waals surface area contributed by atoms with E-state index in [1.165, 1.54) is 24.0 Å². The van der Waals surface area contributed by atoms with Gasteiger partial charge >= 0.3 is 5.76 Å². The molecule has 1 fully saturated rings. The maximum absolute atomic E-state index is 13.5. The van der Waals surface area contributed by atoms with Crippen LogP contribution < -0.4 is 16.6 Å². The quantitative estimate of drug-likeness (QED) is 0.340. The minimum absolute atomic E-state index is 0.163. The second kappa shape index (κ2) is 8.53. The van der Waals surface area contributed by atoms with Crippen molar-refractivity contribution >= 4 is 33.8 Å². The van der Waals surface area contributed by atoms with Crippen molar-refractivity contribution in [1.82, 2.24) is 28.8 Å². The number of anilines is 2. The highest BCUT2D eigenvalue weighted by atomic mass is 16.4. The van der Waals surface area contributed by atoms with Crippen molar-refractivity contribution in [3.8, 4) is 5.69 Å². The van der Waals surface area contributed by atoms with Crippen molar-refractivity contribution in [2.75, 3.05) is 18.9 Å². The fourth-order valence-electron chi connectivity index (χ4n) is 6.48. The second-order valence-corrected chi connectivity index (χ2v) is 11.1. The first-order valence-electron chi connectivity index (χ1n) is 13.9. The van der Waals surface area contributed by atoms with Gasteiger partial charge in [0.05, 0.1) is 17.7 Å². The second-order valence-electron chi connectivity index (χ2n) is 11.1. The van der Waals surface area contributed by atoms with Crippen LogP contribution in [0.4, 0.5) is 11.6 Å². The molecule has 0 unspecified atom stereocenters. The van der Waals surface area contributed by atoms with E-state index in [0.717, 1.165) is 37.2 Å². The van der Waals surface area contributed by atoms with Crippen LogP contribution in [0.5, 0.6) is 0 Å².